The molecule has 0 saturated heterocycles. The van der Waals surface area contributed by atoms with E-state index in [9.17, 15) is 0 Å². The van der Waals surface area contributed by atoms with Gasteiger partial charge in [0.25, 0.3) is 0 Å². The van der Waals surface area contributed by atoms with Crippen LogP contribution in [0.1, 0.15) is 0 Å². The predicted molar refractivity (Wildman–Crippen MR) is 69.2 cm³/mol. The first kappa shape index (κ1) is 14.4. The third-order valence-corrected chi connectivity index (χ3v) is 2.59. The molecule has 0 amide bonds. The number of aliphatic hydroxyl groups excluding tert-OH is 1. The Kier molecular flexibility index (Phi) is 8.00. The minimum atomic E-state index is 0.214. The number of ether oxygens (including phenoxy) is 2. The minimum Gasteiger partial charge on any atom is -0.491 e. The van der Waals surface area contributed by atoms with E-state index in [2.05, 4.69) is 15.9 Å². The molecule has 0 fully saturated rings. The standard InChI is InChI=1S/C12H18BrNO3/c13-11-2-1-3-12(10-11)17-9-8-16-7-5-14-4-6-15/h1-3,10,14-15H,4-9H2/p+1. The maximum absolute atomic E-state index is 8.56. The highest BCUT2D eigenvalue weighted by atomic mass is 79.9. The average molecular weight is 305 g/mol. The Morgan fingerprint density at radius 3 is 2.82 bits per heavy atom. The molecule has 4 nitrogen and oxygen atoms in total. The zero-order valence-corrected chi connectivity index (χ0v) is 11.4. The van der Waals surface area contributed by atoms with Crippen molar-refractivity contribution in [3.63, 3.8) is 0 Å². The first-order valence-corrected chi connectivity index (χ1v) is 6.51. The molecule has 0 spiro atoms. The summed E-state index contributed by atoms with van der Waals surface area (Å²) in [7, 11) is 0. The zero-order chi connectivity index (χ0) is 12.3. The molecule has 1 aromatic rings. The van der Waals surface area contributed by atoms with Crippen LogP contribution in [0.3, 0.4) is 0 Å². The number of nitrogens with two attached hydrogens (primary N) is 1. The van der Waals surface area contributed by atoms with Crippen LogP contribution in [0, 0.1) is 0 Å². The van der Waals surface area contributed by atoms with Gasteiger partial charge in [0.2, 0.25) is 0 Å². The number of benzene rings is 1. The van der Waals surface area contributed by atoms with Gasteiger partial charge in [-0.05, 0) is 18.2 Å². The van der Waals surface area contributed by atoms with Crippen molar-refractivity contribution < 1.29 is 19.9 Å². The molecule has 1 rings (SSSR count). The highest BCUT2D eigenvalue weighted by Gasteiger charge is 1.95. The van der Waals surface area contributed by atoms with Crippen molar-refractivity contribution in [3.05, 3.63) is 28.7 Å². The summed E-state index contributed by atoms with van der Waals surface area (Å²) in [6, 6.07) is 7.74. The Morgan fingerprint density at radius 2 is 2.06 bits per heavy atom. The molecule has 0 aliphatic heterocycles. The molecule has 0 unspecified atom stereocenters. The average Bonchev–Trinajstić information content (AvgIpc) is 2.33. The van der Waals surface area contributed by atoms with Crippen LogP contribution in [0.4, 0.5) is 0 Å². The molecular weight excluding hydrogens is 286 g/mol. The van der Waals surface area contributed by atoms with Crippen molar-refractivity contribution in [3.8, 4) is 5.75 Å². The first-order chi connectivity index (χ1) is 8.33. The van der Waals surface area contributed by atoms with E-state index >= 15 is 0 Å². The van der Waals surface area contributed by atoms with Gasteiger partial charge in [-0.2, -0.15) is 0 Å². The molecular formula is C12H19BrNO3+. The Bertz CT molecular complexity index is 310. The quantitative estimate of drug-likeness (QED) is 0.649. The summed E-state index contributed by atoms with van der Waals surface area (Å²) in [6.45, 7) is 3.64. The number of hydrogen-bond acceptors (Lipinski definition) is 3. The van der Waals surface area contributed by atoms with Gasteiger partial charge in [-0.15, -0.1) is 0 Å². The van der Waals surface area contributed by atoms with Crippen LogP contribution in [-0.2, 0) is 4.74 Å². The number of rotatable bonds is 9. The molecule has 1 aromatic carbocycles. The van der Waals surface area contributed by atoms with E-state index in [1.807, 2.05) is 29.6 Å². The highest BCUT2D eigenvalue weighted by Crippen LogP contribution is 2.17. The van der Waals surface area contributed by atoms with Gasteiger partial charge in [-0.25, -0.2) is 0 Å². The van der Waals surface area contributed by atoms with Gasteiger partial charge in [0.15, 0.2) is 0 Å². The third kappa shape index (κ3) is 7.33. The SMILES string of the molecule is OCC[NH2+]CCOCCOc1cccc(Br)c1. The molecule has 96 valence electrons. The van der Waals surface area contributed by atoms with E-state index < -0.39 is 0 Å². The Labute approximate surface area is 110 Å². The topological polar surface area (TPSA) is 55.3 Å². The summed E-state index contributed by atoms with van der Waals surface area (Å²) in [5.74, 6) is 0.842. The second-order valence-corrected chi connectivity index (χ2v) is 4.42. The van der Waals surface area contributed by atoms with E-state index in [4.69, 9.17) is 14.6 Å². The number of hydrogen-bond donors (Lipinski definition) is 2. The van der Waals surface area contributed by atoms with Gasteiger partial charge >= 0.3 is 0 Å². The zero-order valence-electron chi connectivity index (χ0n) is 9.77. The van der Waals surface area contributed by atoms with Crippen molar-refractivity contribution in [1.29, 1.82) is 0 Å². The lowest BCUT2D eigenvalue weighted by Crippen LogP contribution is -2.86. The fraction of sp³-hybridized carbons (Fsp3) is 0.500. The summed E-state index contributed by atoms with van der Waals surface area (Å²) in [6.07, 6.45) is 0. The molecule has 0 aliphatic carbocycles. The largest absolute Gasteiger partial charge is 0.491 e. The maximum atomic E-state index is 8.56. The van der Waals surface area contributed by atoms with Gasteiger partial charge in [-0.1, -0.05) is 22.0 Å². The summed E-state index contributed by atoms with van der Waals surface area (Å²) in [4.78, 5) is 0. The molecule has 0 aromatic heterocycles. The van der Waals surface area contributed by atoms with E-state index in [0.29, 0.717) is 19.8 Å². The lowest BCUT2D eigenvalue weighted by molar-refractivity contribution is -0.657. The fourth-order valence-electron chi connectivity index (χ4n) is 1.28. The lowest BCUT2D eigenvalue weighted by Gasteiger charge is -2.07. The van der Waals surface area contributed by atoms with Crippen LogP contribution in [0.5, 0.6) is 5.75 Å². The predicted octanol–water partition coefficient (Wildman–Crippen LogP) is 0.400. The van der Waals surface area contributed by atoms with E-state index in [1.54, 1.807) is 0 Å². The monoisotopic (exact) mass is 304 g/mol. The summed E-state index contributed by atoms with van der Waals surface area (Å²) in [5.41, 5.74) is 0. The fourth-order valence-corrected chi connectivity index (χ4v) is 1.66. The Hall–Kier alpha value is -0.620. The summed E-state index contributed by atoms with van der Waals surface area (Å²) >= 11 is 3.38. The molecule has 0 saturated carbocycles. The van der Waals surface area contributed by atoms with E-state index in [0.717, 1.165) is 23.3 Å². The number of halogens is 1. The van der Waals surface area contributed by atoms with Crippen molar-refractivity contribution in [1.82, 2.24) is 0 Å². The van der Waals surface area contributed by atoms with E-state index in [1.165, 1.54) is 0 Å². The van der Waals surface area contributed by atoms with Crippen LogP contribution in [0.2, 0.25) is 0 Å². The van der Waals surface area contributed by atoms with Crippen LogP contribution >= 0.6 is 15.9 Å². The molecule has 0 aliphatic rings. The van der Waals surface area contributed by atoms with Crippen LogP contribution in [0.15, 0.2) is 28.7 Å². The van der Waals surface area contributed by atoms with Gasteiger partial charge < -0.3 is 19.9 Å². The third-order valence-electron chi connectivity index (χ3n) is 2.09. The molecule has 5 heteroatoms. The van der Waals surface area contributed by atoms with Crippen LogP contribution in [0.25, 0.3) is 0 Å². The second kappa shape index (κ2) is 9.41. The highest BCUT2D eigenvalue weighted by molar-refractivity contribution is 9.10. The molecule has 17 heavy (non-hydrogen) atoms. The lowest BCUT2D eigenvalue weighted by atomic mass is 10.3. The van der Waals surface area contributed by atoms with Crippen LogP contribution < -0.4 is 10.1 Å². The van der Waals surface area contributed by atoms with Crippen molar-refractivity contribution >= 4 is 15.9 Å². The van der Waals surface area contributed by atoms with Gasteiger partial charge in [0.1, 0.15) is 12.4 Å². The van der Waals surface area contributed by atoms with Gasteiger partial charge in [0.05, 0.1) is 32.9 Å². The van der Waals surface area contributed by atoms with Crippen molar-refractivity contribution in [2.24, 2.45) is 0 Å². The molecule has 0 heterocycles. The minimum absolute atomic E-state index is 0.214. The summed E-state index contributed by atoms with van der Waals surface area (Å²) < 4.78 is 11.9. The van der Waals surface area contributed by atoms with Gasteiger partial charge in [0, 0.05) is 4.47 Å². The molecule has 0 bridgehead atoms. The Balaban J connectivity index is 1.97. The smallest absolute Gasteiger partial charge is 0.120 e. The summed E-state index contributed by atoms with van der Waals surface area (Å²) in [5, 5.41) is 10.6. The maximum Gasteiger partial charge on any atom is 0.120 e. The number of quaternary nitrogens is 1. The molecule has 3 N–H and O–H groups in total. The molecule has 0 atom stereocenters. The Morgan fingerprint density at radius 1 is 1.18 bits per heavy atom. The van der Waals surface area contributed by atoms with Crippen LogP contribution in [-0.4, -0.2) is 44.6 Å². The van der Waals surface area contributed by atoms with Crippen molar-refractivity contribution in [2.45, 2.75) is 0 Å². The van der Waals surface area contributed by atoms with Gasteiger partial charge in [-0.3, -0.25) is 0 Å². The van der Waals surface area contributed by atoms with Crippen molar-refractivity contribution in [2.75, 3.05) is 39.5 Å². The molecule has 0 radical (unpaired) electrons. The number of aliphatic hydroxyl groups is 1. The first-order valence-electron chi connectivity index (χ1n) is 5.71. The van der Waals surface area contributed by atoms with E-state index in [-0.39, 0.29) is 6.61 Å². The normalized spacial score (nSPS) is 10.5. The second-order valence-electron chi connectivity index (χ2n) is 3.51.